The van der Waals surface area contributed by atoms with Crippen LogP contribution >= 0.6 is 23.2 Å². The van der Waals surface area contributed by atoms with Crippen LogP contribution in [0.25, 0.3) is 10.8 Å². The number of carbonyl (C=O) groups excluding carboxylic acids is 1. The normalized spacial score (nSPS) is 15.0. The Hall–Kier alpha value is -3.65. The highest BCUT2D eigenvalue weighted by Gasteiger charge is 2.28. The van der Waals surface area contributed by atoms with Crippen LogP contribution < -0.4 is 4.72 Å². The van der Waals surface area contributed by atoms with Gasteiger partial charge in [-0.05, 0) is 104 Å². The predicted molar refractivity (Wildman–Crippen MR) is 182 cm³/mol. The van der Waals surface area contributed by atoms with E-state index in [0.29, 0.717) is 33.3 Å². The molecule has 8 nitrogen and oxygen atoms in total. The fourth-order valence-electron chi connectivity index (χ4n) is 6.31. The maximum atomic E-state index is 13.8. The first-order valence-corrected chi connectivity index (χ1v) is 17.4. The summed E-state index contributed by atoms with van der Waals surface area (Å²) >= 11 is 12.7. The monoisotopic (exact) mass is 678 g/mol. The fourth-order valence-corrected chi connectivity index (χ4v) is 7.66. The summed E-state index contributed by atoms with van der Waals surface area (Å²) in [6.45, 7) is 2.75. The Kier molecular flexibility index (Phi) is 10.6. The minimum atomic E-state index is -3.72. The van der Waals surface area contributed by atoms with Crippen molar-refractivity contribution in [2.24, 2.45) is 0 Å². The maximum absolute atomic E-state index is 13.8. The molecule has 1 amide bonds. The Bertz CT molecular complexity index is 1900. The van der Waals surface area contributed by atoms with Gasteiger partial charge in [0.05, 0.1) is 26.6 Å². The number of phenols is 1. The molecule has 1 atom stereocenters. The standard InChI is InChI=1S/C35H36Cl2N4O4S/c1-39-46(44,45)34-20-28(42)8-9-30(34)24-11-14-41(15-12-24)16-13-27(25-7-10-32(36)33(37)19-25)22-40(2)35(43)31-18-23(21-38)17-26-5-3-4-6-29(26)31/h3-10,17-20,24,27,39,42H,11-16,22H2,1-2H3/t27-/m1/s1. The van der Waals surface area contributed by atoms with E-state index in [9.17, 15) is 23.6 Å². The van der Waals surface area contributed by atoms with Gasteiger partial charge in [-0.2, -0.15) is 5.26 Å². The number of carbonyl (C=O) groups is 1. The first-order chi connectivity index (χ1) is 22.0. The van der Waals surface area contributed by atoms with Crippen LogP contribution in [0.1, 0.15) is 58.1 Å². The summed E-state index contributed by atoms with van der Waals surface area (Å²) in [5, 5.41) is 22.1. The molecule has 0 radical (unpaired) electrons. The van der Waals surface area contributed by atoms with Crippen LogP contribution in [0, 0.1) is 11.3 Å². The number of fused-ring (bicyclic) bond motifs is 1. The van der Waals surface area contributed by atoms with Crippen molar-refractivity contribution in [1.82, 2.24) is 14.5 Å². The lowest BCUT2D eigenvalue weighted by molar-refractivity contribution is 0.0783. The Morgan fingerprint density at radius 3 is 2.50 bits per heavy atom. The van der Waals surface area contributed by atoms with Gasteiger partial charge >= 0.3 is 0 Å². The number of hydrogen-bond acceptors (Lipinski definition) is 6. The summed E-state index contributed by atoms with van der Waals surface area (Å²) in [5.74, 6) is -0.252. The van der Waals surface area contributed by atoms with E-state index in [1.165, 1.54) is 19.2 Å². The molecule has 0 bridgehead atoms. The van der Waals surface area contributed by atoms with Crippen molar-refractivity contribution in [3.8, 4) is 11.8 Å². The molecule has 1 aliphatic heterocycles. The first-order valence-electron chi connectivity index (χ1n) is 15.1. The van der Waals surface area contributed by atoms with Gasteiger partial charge in [-0.1, -0.05) is 59.6 Å². The van der Waals surface area contributed by atoms with E-state index < -0.39 is 10.0 Å². The van der Waals surface area contributed by atoms with Crippen LogP contribution in [0.4, 0.5) is 0 Å². The fraction of sp³-hybridized carbons (Fsp3) is 0.314. The third kappa shape index (κ3) is 7.49. The van der Waals surface area contributed by atoms with E-state index in [1.807, 2.05) is 36.4 Å². The van der Waals surface area contributed by atoms with Gasteiger partial charge in [-0.3, -0.25) is 4.79 Å². The second-order valence-corrected chi connectivity index (χ2v) is 14.4. The molecular weight excluding hydrogens is 643 g/mol. The number of aromatic hydroxyl groups is 1. The molecular formula is C35H36Cl2N4O4S. The summed E-state index contributed by atoms with van der Waals surface area (Å²) in [7, 11) is -0.574. The van der Waals surface area contributed by atoms with Gasteiger partial charge in [0.25, 0.3) is 5.91 Å². The van der Waals surface area contributed by atoms with Gasteiger partial charge in [-0.25, -0.2) is 13.1 Å². The molecule has 46 heavy (non-hydrogen) atoms. The molecule has 11 heteroatoms. The molecule has 1 saturated heterocycles. The first kappa shape index (κ1) is 33.7. The number of likely N-dealkylation sites (tertiary alicyclic amines) is 1. The second kappa shape index (κ2) is 14.4. The topological polar surface area (TPSA) is 114 Å². The van der Waals surface area contributed by atoms with Crippen LogP contribution in [-0.4, -0.2) is 69.5 Å². The SMILES string of the molecule is CNS(=O)(=O)c1cc(O)ccc1C1CCN(CC[C@H](CN(C)C(=O)c2cc(C#N)cc3ccccc23)c2ccc(Cl)c(Cl)c2)CC1. The number of likely N-dealkylation sites (N-methyl/N-ethyl adjacent to an activating group) is 1. The quantitative estimate of drug-likeness (QED) is 0.192. The summed E-state index contributed by atoms with van der Waals surface area (Å²) < 4.78 is 27.7. The average molecular weight is 680 g/mol. The lowest BCUT2D eigenvalue weighted by Crippen LogP contribution is -2.36. The van der Waals surface area contributed by atoms with Crippen molar-refractivity contribution in [1.29, 1.82) is 5.26 Å². The molecule has 0 aromatic heterocycles. The van der Waals surface area contributed by atoms with E-state index in [-0.39, 0.29) is 28.4 Å². The molecule has 1 aliphatic rings. The number of halogens is 2. The van der Waals surface area contributed by atoms with Crippen molar-refractivity contribution in [3.63, 3.8) is 0 Å². The van der Waals surface area contributed by atoms with E-state index in [1.54, 1.807) is 36.2 Å². The van der Waals surface area contributed by atoms with Crippen molar-refractivity contribution in [3.05, 3.63) is 105 Å². The highest BCUT2D eigenvalue weighted by atomic mass is 35.5. The largest absolute Gasteiger partial charge is 0.508 e. The van der Waals surface area contributed by atoms with Crippen LogP contribution in [0.2, 0.25) is 10.0 Å². The molecule has 5 rings (SSSR count). The number of rotatable bonds is 10. The Morgan fingerprint density at radius 2 is 1.80 bits per heavy atom. The number of benzene rings is 4. The van der Waals surface area contributed by atoms with Crippen molar-refractivity contribution < 1.29 is 18.3 Å². The number of nitrogens with one attached hydrogen (secondary N) is 1. The number of nitriles is 1. The Morgan fingerprint density at radius 1 is 1.07 bits per heavy atom. The molecule has 0 aliphatic carbocycles. The van der Waals surface area contributed by atoms with Crippen molar-refractivity contribution in [2.45, 2.75) is 36.0 Å². The molecule has 2 N–H and O–H groups in total. The van der Waals surface area contributed by atoms with E-state index in [0.717, 1.165) is 55.2 Å². The Labute approximate surface area is 280 Å². The molecule has 4 aromatic carbocycles. The van der Waals surface area contributed by atoms with Crippen LogP contribution in [0.15, 0.2) is 77.7 Å². The summed E-state index contributed by atoms with van der Waals surface area (Å²) in [6.07, 6.45) is 2.29. The molecule has 0 spiro atoms. The zero-order chi connectivity index (χ0) is 33.0. The average Bonchev–Trinajstić information content (AvgIpc) is 3.07. The second-order valence-electron chi connectivity index (χ2n) is 11.7. The molecule has 4 aromatic rings. The number of amides is 1. The third-order valence-corrected chi connectivity index (χ3v) is 11.1. The van der Waals surface area contributed by atoms with E-state index >= 15 is 0 Å². The molecule has 0 unspecified atom stereocenters. The van der Waals surface area contributed by atoms with Crippen LogP contribution in [0.5, 0.6) is 5.75 Å². The molecule has 1 fully saturated rings. The number of hydrogen-bond donors (Lipinski definition) is 2. The summed E-state index contributed by atoms with van der Waals surface area (Å²) in [4.78, 5) is 18.0. The Balaban J connectivity index is 1.31. The predicted octanol–water partition coefficient (Wildman–Crippen LogP) is 6.76. The van der Waals surface area contributed by atoms with E-state index in [2.05, 4.69) is 15.7 Å². The number of piperidine rings is 1. The lowest BCUT2D eigenvalue weighted by Gasteiger charge is -2.34. The zero-order valence-electron chi connectivity index (χ0n) is 25.7. The van der Waals surface area contributed by atoms with Gasteiger partial charge in [0.15, 0.2) is 0 Å². The number of sulfonamides is 1. The number of phenolic OH excluding ortho intramolecular Hbond substituents is 1. The van der Waals surface area contributed by atoms with Gasteiger partial charge in [0, 0.05) is 31.1 Å². The van der Waals surface area contributed by atoms with E-state index in [4.69, 9.17) is 23.2 Å². The summed E-state index contributed by atoms with van der Waals surface area (Å²) in [5.41, 5.74) is 2.61. The minimum Gasteiger partial charge on any atom is -0.508 e. The smallest absolute Gasteiger partial charge is 0.254 e. The maximum Gasteiger partial charge on any atom is 0.254 e. The zero-order valence-corrected chi connectivity index (χ0v) is 28.0. The molecule has 240 valence electrons. The van der Waals surface area contributed by atoms with Gasteiger partial charge < -0.3 is 14.9 Å². The third-order valence-electron chi connectivity index (χ3n) is 8.85. The van der Waals surface area contributed by atoms with Crippen molar-refractivity contribution >= 4 is 49.9 Å². The molecule has 0 saturated carbocycles. The van der Waals surface area contributed by atoms with Crippen LogP contribution in [-0.2, 0) is 10.0 Å². The summed E-state index contributed by atoms with van der Waals surface area (Å²) in [6, 6.07) is 23.3. The van der Waals surface area contributed by atoms with Gasteiger partial charge in [0.1, 0.15) is 5.75 Å². The highest BCUT2D eigenvalue weighted by molar-refractivity contribution is 7.89. The highest BCUT2D eigenvalue weighted by Crippen LogP contribution is 2.35. The van der Waals surface area contributed by atoms with Gasteiger partial charge in [0.2, 0.25) is 10.0 Å². The number of nitrogens with zero attached hydrogens (tertiary/aromatic N) is 3. The minimum absolute atomic E-state index is 0.0450. The van der Waals surface area contributed by atoms with Gasteiger partial charge in [-0.15, -0.1) is 0 Å². The molecule has 1 heterocycles. The van der Waals surface area contributed by atoms with Crippen LogP contribution in [0.3, 0.4) is 0 Å². The van der Waals surface area contributed by atoms with Crippen molar-refractivity contribution in [2.75, 3.05) is 40.3 Å². The lowest BCUT2D eigenvalue weighted by atomic mass is 9.88.